The maximum Gasteiger partial charge on any atom is 0.508 e. The van der Waals surface area contributed by atoms with Gasteiger partial charge in [-0.05, 0) is 61.6 Å². The van der Waals surface area contributed by atoms with E-state index in [0.29, 0.717) is 24.0 Å². The van der Waals surface area contributed by atoms with Gasteiger partial charge in [0.1, 0.15) is 13.2 Å². The number of aryl methyl sites for hydroxylation is 1. The first-order valence-electron chi connectivity index (χ1n) is 12.3. The highest BCUT2D eigenvalue weighted by molar-refractivity contribution is 5.89. The summed E-state index contributed by atoms with van der Waals surface area (Å²) < 4.78 is 16.4. The fourth-order valence-electron chi connectivity index (χ4n) is 4.14. The van der Waals surface area contributed by atoms with Gasteiger partial charge >= 0.3 is 12.1 Å². The van der Waals surface area contributed by atoms with Gasteiger partial charge in [0, 0.05) is 5.41 Å². The molecule has 0 atom stereocenters. The molecule has 0 fully saturated rings. The van der Waals surface area contributed by atoms with Gasteiger partial charge in [0.25, 0.3) is 0 Å². The molecule has 1 aromatic rings. The molecule has 5 heteroatoms. The first-order chi connectivity index (χ1) is 15.2. The van der Waals surface area contributed by atoms with Crippen molar-refractivity contribution in [1.82, 2.24) is 0 Å². The number of unbranched alkanes of at least 4 members (excludes halogenated alkanes) is 2. The number of esters is 1. The molecule has 0 aliphatic carbocycles. The van der Waals surface area contributed by atoms with E-state index in [2.05, 4.69) is 34.6 Å². The Labute approximate surface area is 195 Å². The van der Waals surface area contributed by atoms with Crippen LogP contribution in [-0.2, 0) is 20.6 Å². The third-order valence-electron chi connectivity index (χ3n) is 5.41. The number of rotatable bonds is 15. The summed E-state index contributed by atoms with van der Waals surface area (Å²) in [6.07, 6.45) is 5.99. The number of hydrogen-bond donors (Lipinski definition) is 0. The minimum absolute atomic E-state index is 0.178. The molecule has 0 bridgehead atoms. The monoisotopic (exact) mass is 448 g/mol. The number of ether oxygens (including phenoxy) is 3. The van der Waals surface area contributed by atoms with Crippen LogP contribution in [0.25, 0.3) is 0 Å². The van der Waals surface area contributed by atoms with E-state index >= 15 is 0 Å². The lowest BCUT2D eigenvalue weighted by molar-refractivity contribution is -0.0296. The Balaban J connectivity index is 2.84. The molecule has 1 rings (SSSR count). The predicted molar refractivity (Wildman–Crippen MR) is 129 cm³/mol. The number of carbonyl (C=O) groups is 2. The molecule has 0 aliphatic rings. The maximum atomic E-state index is 12.7. The van der Waals surface area contributed by atoms with Crippen molar-refractivity contribution in [2.75, 3.05) is 19.8 Å². The lowest BCUT2D eigenvalue weighted by Gasteiger charge is -2.35. The minimum atomic E-state index is -0.649. The third-order valence-corrected chi connectivity index (χ3v) is 5.41. The maximum absolute atomic E-state index is 12.7. The van der Waals surface area contributed by atoms with Crippen molar-refractivity contribution in [2.45, 2.75) is 86.5 Å². The highest BCUT2D eigenvalue weighted by Gasteiger charge is 2.36. The predicted octanol–water partition coefficient (Wildman–Crippen LogP) is 7.22. The molecule has 0 N–H and O–H groups in total. The summed E-state index contributed by atoms with van der Waals surface area (Å²) in [5.74, 6) is 0.393. The van der Waals surface area contributed by atoms with E-state index in [1.54, 1.807) is 0 Å². The van der Waals surface area contributed by atoms with E-state index < -0.39 is 11.6 Å². The first-order valence-corrected chi connectivity index (χ1v) is 12.3. The summed E-state index contributed by atoms with van der Waals surface area (Å²) in [5.41, 5.74) is 1.34. The molecule has 0 unspecified atom stereocenters. The average Bonchev–Trinajstić information content (AvgIpc) is 2.74. The fraction of sp³-hybridized carbons (Fsp3) is 0.704. The van der Waals surface area contributed by atoms with E-state index in [1.165, 1.54) is 5.56 Å². The van der Waals surface area contributed by atoms with Crippen LogP contribution < -0.4 is 0 Å². The van der Waals surface area contributed by atoms with E-state index in [-0.39, 0.29) is 19.2 Å². The van der Waals surface area contributed by atoms with Gasteiger partial charge in [0.2, 0.25) is 0 Å². The van der Waals surface area contributed by atoms with Gasteiger partial charge in [0.05, 0.1) is 12.2 Å². The van der Waals surface area contributed by atoms with Crippen molar-refractivity contribution in [3.63, 3.8) is 0 Å². The summed E-state index contributed by atoms with van der Waals surface area (Å²) in [4.78, 5) is 24.8. The summed E-state index contributed by atoms with van der Waals surface area (Å²) in [7, 11) is 0. The molecule has 0 aromatic heterocycles. The third kappa shape index (κ3) is 11.0. The molecule has 0 amide bonds. The molecule has 0 saturated heterocycles. The minimum Gasteiger partial charge on any atom is -0.461 e. The van der Waals surface area contributed by atoms with Crippen molar-refractivity contribution >= 4 is 12.1 Å². The first kappa shape index (κ1) is 28.0. The Bertz CT molecular complexity index is 653. The number of hydrogen-bond acceptors (Lipinski definition) is 5. The molecule has 1 aromatic carbocycles. The summed E-state index contributed by atoms with van der Waals surface area (Å²) in [5, 5.41) is 0. The average molecular weight is 449 g/mol. The Hall–Kier alpha value is -2.04. The normalized spacial score (nSPS) is 11.6. The summed E-state index contributed by atoms with van der Waals surface area (Å²) in [6.45, 7) is 13.5. The fourth-order valence-corrected chi connectivity index (χ4v) is 4.14. The van der Waals surface area contributed by atoms with Crippen molar-refractivity contribution in [3.05, 3.63) is 35.4 Å². The Morgan fingerprint density at radius 3 is 1.91 bits per heavy atom. The second-order valence-corrected chi connectivity index (χ2v) is 9.81. The molecular weight excluding hydrogens is 404 g/mol. The second-order valence-electron chi connectivity index (χ2n) is 9.81. The Morgan fingerprint density at radius 1 is 0.812 bits per heavy atom. The van der Waals surface area contributed by atoms with Crippen LogP contribution in [0, 0.1) is 17.3 Å². The van der Waals surface area contributed by atoms with Gasteiger partial charge in [-0.1, -0.05) is 66.5 Å². The molecule has 0 aliphatic heterocycles. The van der Waals surface area contributed by atoms with Gasteiger partial charge in [-0.2, -0.15) is 0 Å². The summed E-state index contributed by atoms with van der Waals surface area (Å²) in [6, 6.07) is 7.66. The zero-order chi connectivity index (χ0) is 24.0. The van der Waals surface area contributed by atoms with Crippen molar-refractivity contribution in [2.24, 2.45) is 17.3 Å². The SMILES string of the molecule is CCCCOC(=O)OCC(COC(=O)c1ccc(CCCC)cc1)(CC(C)C)CC(C)C. The van der Waals surface area contributed by atoms with E-state index in [0.717, 1.165) is 44.9 Å². The number of benzene rings is 1. The molecular formula is C27H44O5. The quantitative estimate of drug-likeness (QED) is 0.209. The van der Waals surface area contributed by atoms with Crippen LogP contribution in [-0.4, -0.2) is 31.9 Å². The lowest BCUT2D eigenvalue weighted by Crippen LogP contribution is -2.37. The standard InChI is InChI=1S/C27H44O5/c1-7-9-11-23-12-14-24(15-13-23)25(28)31-19-27(17-21(3)4,18-22(5)6)20-32-26(29)30-16-10-8-2/h12-15,21-22H,7-11,16-20H2,1-6H3. The molecule has 0 spiro atoms. The molecule has 32 heavy (non-hydrogen) atoms. The van der Waals surface area contributed by atoms with Crippen LogP contribution in [0.5, 0.6) is 0 Å². The molecule has 0 radical (unpaired) electrons. The van der Waals surface area contributed by atoms with Crippen LogP contribution in [0.4, 0.5) is 4.79 Å². The molecule has 5 nitrogen and oxygen atoms in total. The van der Waals surface area contributed by atoms with Crippen molar-refractivity contribution < 1.29 is 23.8 Å². The van der Waals surface area contributed by atoms with Crippen LogP contribution in [0.15, 0.2) is 24.3 Å². The van der Waals surface area contributed by atoms with Crippen molar-refractivity contribution in [1.29, 1.82) is 0 Å². The van der Waals surface area contributed by atoms with Crippen molar-refractivity contribution in [3.8, 4) is 0 Å². The van der Waals surface area contributed by atoms with Gasteiger partial charge in [0.15, 0.2) is 0 Å². The summed E-state index contributed by atoms with van der Waals surface area (Å²) >= 11 is 0. The largest absolute Gasteiger partial charge is 0.508 e. The molecule has 0 saturated carbocycles. The number of carbonyl (C=O) groups excluding carboxylic acids is 2. The zero-order valence-corrected chi connectivity index (χ0v) is 21.1. The second kappa shape index (κ2) is 14.9. The highest BCUT2D eigenvalue weighted by Crippen LogP contribution is 2.35. The lowest BCUT2D eigenvalue weighted by atomic mass is 9.75. The van der Waals surface area contributed by atoms with Crippen LogP contribution in [0.2, 0.25) is 0 Å². The molecule has 0 heterocycles. The Morgan fingerprint density at radius 2 is 1.38 bits per heavy atom. The van der Waals surface area contributed by atoms with E-state index in [4.69, 9.17) is 14.2 Å². The topological polar surface area (TPSA) is 61.8 Å². The molecule has 182 valence electrons. The van der Waals surface area contributed by atoms with Gasteiger partial charge < -0.3 is 14.2 Å². The van der Waals surface area contributed by atoms with Crippen LogP contribution >= 0.6 is 0 Å². The van der Waals surface area contributed by atoms with E-state index in [1.807, 2.05) is 31.2 Å². The highest BCUT2D eigenvalue weighted by atomic mass is 16.7. The zero-order valence-electron chi connectivity index (χ0n) is 21.1. The Kier molecular flexibility index (Phi) is 13.0. The van der Waals surface area contributed by atoms with E-state index in [9.17, 15) is 9.59 Å². The van der Waals surface area contributed by atoms with Crippen LogP contribution in [0.3, 0.4) is 0 Å². The van der Waals surface area contributed by atoms with Gasteiger partial charge in [-0.25, -0.2) is 9.59 Å². The van der Waals surface area contributed by atoms with Crippen LogP contribution in [0.1, 0.15) is 96.0 Å². The smallest absolute Gasteiger partial charge is 0.461 e. The van der Waals surface area contributed by atoms with Gasteiger partial charge in [-0.15, -0.1) is 0 Å². The van der Waals surface area contributed by atoms with Gasteiger partial charge in [-0.3, -0.25) is 0 Å².